The summed E-state index contributed by atoms with van der Waals surface area (Å²) in [5.41, 5.74) is 4.32. The van der Waals surface area contributed by atoms with Gasteiger partial charge in [-0.05, 0) is 85.1 Å². The van der Waals surface area contributed by atoms with Crippen molar-refractivity contribution in [3.63, 3.8) is 0 Å². The van der Waals surface area contributed by atoms with E-state index in [1.165, 1.54) is 44.1 Å². The normalized spacial score (nSPS) is 20.1. The monoisotopic (exact) mass is 389 g/mol. The maximum absolute atomic E-state index is 9.47. The molecule has 1 aliphatic rings. The van der Waals surface area contributed by atoms with E-state index in [0.29, 0.717) is 23.8 Å². The molecule has 2 aromatic carbocycles. The number of benzene rings is 2. The van der Waals surface area contributed by atoms with Crippen molar-refractivity contribution in [2.45, 2.75) is 71.6 Å². The summed E-state index contributed by atoms with van der Waals surface area (Å²) in [6, 6.07) is 17.2. The molecule has 1 atom stereocenters. The molecule has 1 aliphatic carbocycles. The summed E-state index contributed by atoms with van der Waals surface area (Å²) in [6.07, 6.45) is 9.05. The Bertz CT molecular complexity index is 809. The molecule has 0 spiro atoms. The lowest BCUT2D eigenvalue weighted by molar-refractivity contribution is 0.273. The van der Waals surface area contributed by atoms with Crippen LogP contribution in [-0.4, -0.2) is 6.61 Å². The minimum Gasteiger partial charge on any atom is -0.492 e. The third-order valence-corrected chi connectivity index (χ3v) is 6.56. The van der Waals surface area contributed by atoms with Gasteiger partial charge in [0.15, 0.2) is 0 Å². The molecule has 0 aromatic heterocycles. The van der Waals surface area contributed by atoms with Crippen LogP contribution in [0.5, 0.6) is 5.75 Å². The zero-order chi connectivity index (χ0) is 20.6. The van der Waals surface area contributed by atoms with Gasteiger partial charge in [0.05, 0.1) is 12.2 Å². The molecular weight excluding hydrogens is 354 g/mol. The third-order valence-electron chi connectivity index (χ3n) is 6.56. The van der Waals surface area contributed by atoms with Crippen molar-refractivity contribution in [1.82, 2.24) is 0 Å². The molecule has 0 radical (unpaired) electrons. The van der Waals surface area contributed by atoms with Gasteiger partial charge in [0.1, 0.15) is 11.8 Å². The highest BCUT2D eigenvalue weighted by Crippen LogP contribution is 2.39. The first-order chi connectivity index (χ1) is 14.1. The maximum atomic E-state index is 9.47. The van der Waals surface area contributed by atoms with Gasteiger partial charge >= 0.3 is 0 Å². The zero-order valence-electron chi connectivity index (χ0n) is 18.3. The van der Waals surface area contributed by atoms with E-state index >= 15 is 0 Å². The second kappa shape index (κ2) is 10.5. The van der Waals surface area contributed by atoms with Crippen LogP contribution in [0.3, 0.4) is 0 Å². The minimum atomic E-state index is 0.611. The summed E-state index contributed by atoms with van der Waals surface area (Å²) < 4.78 is 5.68. The Kier molecular flexibility index (Phi) is 7.76. The molecule has 0 N–H and O–H groups in total. The summed E-state index contributed by atoms with van der Waals surface area (Å²) >= 11 is 0. The third kappa shape index (κ3) is 5.63. The highest BCUT2D eigenvalue weighted by atomic mass is 16.5. The Balaban J connectivity index is 1.64. The smallest absolute Gasteiger partial charge is 0.137 e. The first kappa shape index (κ1) is 21.4. The van der Waals surface area contributed by atoms with Gasteiger partial charge in [-0.2, -0.15) is 5.26 Å². The van der Waals surface area contributed by atoms with E-state index in [-0.39, 0.29) is 0 Å². The summed E-state index contributed by atoms with van der Waals surface area (Å²) in [4.78, 5) is 0. The number of rotatable bonds is 8. The van der Waals surface area contributed by atoms with Crippen LogP contribution in [0, 0.1) is 23.2 Å². The van der Waals surface area contributed by atoms with Crippen LogP contribution in [0.2, 0.25) is 0 Å². The standard InChI is InChI=1S/C27H35NO/c1-4-16-29-27-15-14-25(18-26(27)19-28)24-12-10-23(11-13-24)22-8-6-21(7-9-22)17-20(3)5-2/h10-15,18,20-22H,4-9,16-17H2,1-3H3/t20?,21-,22-. The molecule has 2 heteroatoms. The molecule has 0 bridgehead atoms. The summed E-state index contributed by atoms with van der Waals surface area (Å²) in [7, 11) is 0. The van der Waals surface area contributed by atoms with Gasteiger partial charge in [-0.1, -0.05) is 57.5 Å². The second-order valence-corrected chi connectivity index (χ2v) is 8.76. The van der Waals surface area contributed by atoms with Crippen LogP contribution in [-0.2, 0) is 0 Å². The van der Waals surface area contributed by atoms with Crippen LogP contribution >= 0.6 is 0 Å². The van der Waals surface area contributed by atoms with E-state index in [9.17, 15) is 5.26 Å². The predicted molar refractivity (Wildman–Crippen MR) is 121 cm³/mol. The highest BCUT2D eigenvalue weighted by molar-refractivity contribution is 5.67. The highest BCUT2D eigenvalue weighted by Gasteiger charge is 2.23. The molecule has 29 heavy (non-hydrogen) atoms. The maximum Gasteiger partial charge on any atom is 0.137 e. The van der Waals surface area contributed by atoms with Gasteiger partial charge in [0, 0.05) is 0 Å². The Morgan fingerprint density at radius 1 is 1.00 bits per heavy atom. The molecule has 3 rings (SSSR count). The molecule has 0 heterocycles. The van der Waals surface area contributed by atoms with Crippen molar-refractivity contribution in [3.8, 4) is 22.9 Å². The van der Waals surface area contributed by atoms with E-state index in [1.54, 1.807) is 0 Å². The van der Waals surface area contributed by atoms with Crippen molar-refractivity contribution >= 4 is 0 Å². The molecule has 2 nitrogen and oxygen atoms in total. The summed E-state index contributed by atoms with van der Waals surface area (Å²) in [5.74, 6) is 3.19. The van der Waals surface area contributed by atoms with E-state index in [4.69, 9.17) is 4.74 Å². The summed E-state index contributed by atoms with van der Waals surface area (Å²) in [6.45, 7) is 7.41. The minimum absolute atomic E-state index is 0.611. The first-order valence-electron chi connectivity index (χ1n) is 11.4. The zero-order valence-corrected chi connectivity index (χ0v) is 18.3. The lowest BCUT2D eigenvalue weighted by atomic mass is 9.75. The van der Waals surface area contributed by atoms with Gasteiger partial charge in [0.2, 0.25) is 0 Å². The largest absolute Gasteiger partial charge is 0.492 e. The second-order valence-electron chi connectivity index (χ2n) is 8.76. The quantitative estimate of drug-likeness (QED) is 0.463. The lowest BCUT2D eigenvalue weighted by Crippen LogP contribution is -2.15. The fourth-order valence-electron chi connectivity index (χ4n) is 4.55. The Labute approximate surface area is 176 Å². The Morgan fingerprint density at radius 3 is 2.31 bits per heavy atom. The Morgan fingerprint density at radius 2 is 1.69 bits per heavy atom. The van der Waals surface area contributed by atoms with E-state index in [0.717, 1.165) is 29.4 Å². The van der Waals surface area contributed by atoms with E-state index in [2.05, 4.69) is 57.2 Å². The van der Waals surface area contributed by atoms with Gasteiger partial charge in [-0.3, -0.25) is 0 Å². The average molecular weight is 390 g/mol. The van der Waals surface area contributed by atoms with Crippen LogP contribution in [0.25, 0.3) is 11.1 Å². The number of hydrogen-bond donors (Lipinski definition) is 0. The molecule has 1 unspecified atom stereocenters. The number of nitriles is 1. The van der Waals surface area contributed by atoms with Gasteiger partial charge in [-0.15, -0.1) is 0 Å². The molecule has 0 aliphatic heterocycles. The topological polar surface area (TPSA) is 33.0 Å². The number of nitrogens with zero attached hydrogens (tertiary/aromatic N) is 1. The Hall–Kier alpha value is -2.27. The fourth-order valence-corrected chi connectivity index (χ4v) is 4.55. The molecular formula is C27H35NO. The van der Waals surface area contributed by atoms with Crippen LogP contribution in [0.15, 0.2) is 42.5 Å². The number of hydrogen-bond acceptors (Lipinski definition) is 2. The molecule has 1 saturated carbocycles. The molecule has 154 valence electrons. The summed E-state index contributed by atoms with van der Waals surface area (Å²) in [5, 5.41) is 9.47. The van der Waals surface area contributed by atoms with Crippen molar-refractivity contribution in [1.29, 1.82) is 5.26 Å². The van der Waals surface area contributed by atoms with Crippen LogP contribution < -0.4 is 4.74 Å². The first-order valence-corrected chi connectivity index (χ1v) is 11.4. The van der Waals surface area contributed by atoms with Crippen LogP contribution in [0.1, 0.15) is 82.8 Å². The number of ether oxygens (including phenoxy) is 1. The molecule has 0 amide bonds. The van der Waals surface area contributed by atoms with Crippen LogP contribution in [0.4, 0.5) is 0 Å². The van der Waals surface area contributed by atoms with E-state index in [1.807, 2.05) is 12.1 Å². The molecule has 2 aromatic rings. The van der Waals surface area contributed by atoms with Gasteiger partial charge in [0.25, 0.3) is 0 Å². The van der Waals surface area contributed by atoms with Crippen molar-refractivity contribution in [3.05, 3.63) is 53.6 Å². The van der Waals surface area contributed by atoms with Crippen molar-refractivity contribution < 1.29 is 4.74 Å². The van der Waals surface area contributed by atoms with Crippen molar-refractivity contribution in [2.24, 2.45) is 11.8 Å². The fraction of sp³-hybridized carbons (Fsp3) is 0.519. The lowest BCUT2D eigenvalue weighted by Gasteiger charge is -2.30. The molecule has 1 fully saturated rings. The molecule has 0 saturated heterocycles. The van der Waals surface area contributed by atoms with E-state index < -0.39 is 0 Å². The predicted octanol–water partition coefficient (Wildman–Crippen LogP) is 7.72. The van der Waals surface area contributed by atoms with Gasteiger partial charge < -0.3 is 4.74 Å². The van der Waals surface area contributed by atoms with Crippen molar-refractivity contribution in [2.75, 3.05) is 6.61 Å². The average Bonchev–Trinajstić information content (AvgIpc) is 2.78. The SMILES string of the molecule is CCCOc1ccc(-c2ccc([C@H]3CC[C@H](CC(C)CC)CC3)cc2)cc1C#N. The van der Waals surface area contributed by atoms with Gasteiger partial charge in [-0.25, -0.2) is 0 Å².